The Kier molecular flexibility index (Phi) is 56.3. The minimum absolute atomic E-state index is 0.365. The van der Waals surface area contributed by atoms with Gasteiger partial charge in [-0.25, -0.2) is 0 Å². The van der Waals surface area contributed by atoms with Gasteiger partial charge >= 0.3 is 422 Å². The van der Waals surface area contributed by atoms with Gasteiger partial charge in [0.15, 0.2) is 0 Å². The summed E-state index contributed by atoms with van der Waals surface area (Å²) < 4.78 is 0. The van der Waals surface area contributed by atoms with Crippen molar-refractivity contribution in [2.45, 2.75) is 0 Å². The topological polar surface area (TPSA) is 0 Å². The molecular weight excluding hydrogens is 3930 g/mol. The fourth-order valence-corrected chi connectivity index (χ4v) is 5240. The van der Waals surface area contributed by atoms with E-state index >= 15 is 0 Å². The van der Waals surface area contributed by atoms with E-state index in [1.54, 1.807) is 0 Å². The molecule has 0 saturated heterocycles. The summed E-state index contributed by atoms with van der Waals surface area (Å²) in [5.74, 6) is 0. The second-order valence-electron chi connectivity index (χ2n) is 2.32. The SMILES string of the molecule is I[I-]I(I)I(I)I(I)I(I)I(I)I(I)I(I)I(I)I(I)I(I)I(I)I(I)I(I)I(I)I. The van der Waals surface area contributed by atoms with Gasteiger partial charge in [0.1, 0.15) is 0 Å². The molecule has 0 aromatic carbocycles. The molecule has 0 aliphatic rings. The molecule has 0 N–H and O–H groups in total. The summed E-state index contributed by atoms with van der Waals surface area (Å²) in [5, 5.41) is 0. The number of halogens is 31. The van der Waals surface area contributed by atoms with Crippen LogP contribution in [0, 0.1) is 0 Å². The first kappa shape index (κ1) is 53.6. The molecule has 31 heteroatoms. The van der Waals surface area contributed by atoms with Crippen LogP contribution in [0.15, 0.2) is 0 Å². The average Bonchev–Trinajstić information content (AvgIpc) is 2.76. The Morgan fingerprint density at radius 1 is 0.290 bits per heavy atom. The summed E-state index contributed by atoms with van der Waals surface area (Å²) in [6.07, 6.45) is 0. The van der Waals surface area contributed by atoms with Crippen molar-refractivity contribution in [3.8, 4) is 0 Å². The van der Waals surface area contributed by atoms with Crippen LogP contribution in [0.25, 0.3) is 0 Å². The third kappa shape index (κ3) is 23.0. The van der Waals surface area contributed by atoms with Crippen molar-refractivity contribution in [3.63, 3.8) is 0 Å². The van der Waals surface area contributed by atoms with Crippen LogP contribution in [0.5, 0.6) is 0 Å². The van der Waals surface area contributed by atoms with Crippen LogP contribution in [-0.4, -0.2) is 0 Å². The fraction of sp³-hybridized carbons (Fsp3) is 0. The van der Waals surface area contributed by atoms with Gasteiger partial charge in [0.05, 0.1) is 0 Å². The third-order valence-corrected chi connectivity index (χ3v) is 2230. The van der Waals surface area contributed by atoms with E-state index in [9.17, 15) is 0 Å². The average molecular weight is 3930 g/mol. The Morgan fingerprint density at radius 3 is 0.677 bits per heavy atom. The Labute approximate surface area is 397 Å². The van der Waals surface area contributed by atoms with Crippen LogP contribution in [-0.2, 0) is 0 Å². The van der Waals surface area contributed by atoms with Gasteiger partial charge in [-0.2, -0.15) is 0 Å². The van der Waals surface area contributed by atoms with Gasteiger partial charge in [-0.1, -0.05) is 0 Å². The summed E-state index contributed by atoms with van der Waals surface area (Å²) in [7, 11) is -6.36. The van der Waals surface area contributed by atoms with Gasteiger partial charge in [-0.05, 0) is 0 Å². The number of hydrogen-bond acceptors (Lipinski definition) is 0. The van der Waals surface area contributed by atoms with Crippen molar-refractivity contribution in [2.75, 3.05) is 0 Å². The van der Waals surface area contributed by atoms with E-state index in [0.29, 0.717) is 13.3 Å². The maximum atomic E-state index is 3.29. The Morgan fingerprint density at radius 2 is 0.484 bits per heavy atom. The van der Waals surface area contributed by atoms with E-state index in [1.165, 1.54) is 0 Å². The van der Waals surface area contributed by atoms with Crippen LogP contribution in [0.4, 0.5) is 0 Å². The van der Waals surface area contributed by atoms with Crippen LogP contribution in [0.1, 0.15) is 0 Å². The monoisotopic (exact) mass is 3930 g/mol. The molecule has 0 aliphatic heterocycles. The molecule has 31 heavy (non-hydrogen) atoms. The Hall–Kier alpha value is 22.6. The van der Waals surface area contributed by atoms with E-state index in [-0.39, 0.29) is 7.89 Å². The molecule has 218 valence electrons. The molecular formula is I31-. The van der Waals surface area contributed by atoms with Crippen LogP contribution >= 0.6 is 408 Å². The van der Waals surface area contributed by atoms with Crippen molar-refractivity contribution < 1.29 is 13.3 Å². The van der Waals surface area contributed by atoms with Gasteiger partial charge in [0, 0.05) is 0 Å². The summed E-state index contributed by atoms with van der Waals surface area (Å²) >= 11 is 51.2. The Bertz CT molecular complexity index is 465. The van der Waals surface area contributed by atoms with E-state index in [1.807, 2.05) is 0 Å². The molecule has 0 unspecified atom stereocenters. The van der Waals surface area contributed by atoms with Crippen molar-refractivity contribution >= 4 is 408 Å². The van der Waals surface area contributed by atoms with Gasteiger partial charge in [-0.15, -0.1) is 0 Å². The van der Waals surface area contributed by atoms with Crippen LogP contribution < -0.4 is 13.3 Å². The number of hydrogen-bond donors (Lipinski definition) is 0. The second-order valence-corrected chi connectivity index (χ2v) is 701. The predicted octanol–water partition coefficient (Wildman–Crippen LogP) is 23.6. The fourth-order valence-electron chi connectivity index (χ4n) is 0.386. The maximum absolute atomic E-state index is 3.29. The molecule has 0 atom stereocenters. The van der Waals surface area contributed by atoms with Crippen molar-refractivity contribution in [3.05, 3.63) is 0 Å². The van der Waals surface area contributed by atoms with Gasteiger partial charge < -0.3 is 0 Å². The molecule has 0 spiro atoms. The molecule has 0 nitrogen and oxygen atoms in total. The van der Waals surface area contributed by atoms with Crippen LogP contribution in [0.2, 0.25) is 0 Å². The molecule has 0 saturated carbocycles. The number of rotatable bonds is 14. The quantitative estimate of drug-likeness (QED) is 0.152. The van der Waals surface area contributed by atoms with Crippen molar-refractivity contribution in [1.29, 1.82) is 0 Å². The molecule has 0 aliphatic carbocycles. The minimum atomic E-state index is -0.489. The standard InChI is InChI=1S/I31/c1-17-19(4)21(6)23(8)25(10)27(12)29(14)31(16)30(15)28(13)26(11)24(9)22(7)20(5)18(2)3/q-1. The molecule has 0 heterocycles. The summed E-state index contributed by atoms with van der Waals surface area (Å²) in [6, 6.07) is 0. The van der Waals surface area contributed by atoms with E-state index < -0.39 is 103 Å². The summed E-state index contributed by atoms with van der Waals surface area (Å²) in [5.41, 5.74) is 0. The summed E-state index contributed by atoms with van der Waals surface area (Å²) in [6.45, 7) is 0. The molecule has 0 rings (SSSR count). The zero-order valence-electron chi connectivity index (χ0n) is 11.7. The van der Waals surface area contributed by atoms with Gasteiger partial charge in [-0.3, -0.25) is 0 Å². The molecule has 0 aromatic rings. The zero-order valence-corrected chi connectivity index (χ0v) is 78.6. The van der Waals surface area contributed by atoms with Crippen molar-refractivity contribution in [1.82, 2.24) is 0 Å². The van der Waals surface area contributed by atoms with Crippen molar-refractivity contribution in [2.24, 2.45) is 0 Å². The first-order valence-corrected chi connectivity index (χ1v) is 193. The van der Waals surface area contributed by atoms with Gasteiger partial charge in [0.2, 0.25) is 0 Å². The normalized spacial score (nSPS) is 18.3. The molecule has 0 amide bonds. The summed E-state index contributed by atoms with van der Waals surface area (Å²) in [4.78, 5) is 0. The molecule has 0 radical (unpaired) electrons. The van der Waals surface area contributed by atoms with E-state index in [4.69, 9.17) is 0 Å². The first-order chi connectivity index (χ1) is 14.1. The van der Waals surface area contributed by atoms with Crippen LogP contribution in [0.3, 0.4) is 0 Å². The molecule has 0 bridgehead atoms. The predicted molar refractivity (Wildman–Crippen MR) is 421 cm³/mol. The van der Waals surface area contributed by atoms with Gasteiger partial charge in [0.25, 0.3) is 0 Å². The second kappa shape index (κ2) is 32.6. The third-order valence-electron chi connectivity index (χ3n) is 1.10. The Balaban J connectivity index is 5.19. The van der Waals surface area contributed by atoms with E-state index in [0.717, 1.165) is 0 Å². The first-order valence-electron chi connectivity index (χ1n) is 4.29. The molecule has 0 fully saturated rings. The zero-order chi connectivity index (χ0) is 24.8. The molecule has 0 aromatic heterocycles. The van der Waals surface area contributed by atoms with E-state index in [2.05, 4.69) is 298 Å².